The van der Waals surface area contributed by atoms with Crippen molar-refractivity contribution in [3.63, 3.8) is 0 Å². The normalized spacial score (nSPS) is 13.3. The fourth-order valence-electron chi connectivity index (χ4n) is 8.40. The van der Waals surface area contributed by atoms with E-state index in [1.807, 2.05) is 0 Å². The summed E-state index contributed by atoms with van der Waals surface area (Å²) in [6.45, 7) is 6.47. The van der Waals surface area contributed by atoms with E-state index in [0.717, 1.165) is 51.4 Å². The van der Waals surface area contributed by atoms with Crippen molar-refractivity contribution in [2.24, 2.45) is 0 Å². The van der Waals surface area contributed by atoms with Gasteiger partial charge in [-0.3, -0.25) is 9.59 Å². The highest BCUT2D eigenvalue weighted by Crippen LogP contribution is 2.18. The summed E-state index contributed by atoms with van der Waals surface area (Å²) in [4.78, 5) is 26.1. The van der Waals surface area contributed by atoms with Gasteiger partial charge in [0.15, 0.2) is 0 Å². The number of unbranched alkanes of at least 4 members (excludes halogenated alkanes) is 33. The molecule has 0 spiro atoms. The molecule has 0 saturated heterocycles. The number of allylic oxidation sites excluding steroid dienone is 4. The molecule has 0 aliphatic carbocycles. The standard InChI is InChI=1S/C55H105NO5/c1-4-7-10-13-16-19-21-23-25-26-27-28-29-31-33-36-39-42-45-48-55(60)61-51(46-43-40-37-34-18-15-12-9-6-3)49-54(59)56-52(50-57)53(58)47-44-41-38-35-32-30-24-22-20-17-14-11-8-5-2/h16,19,23,25,51-53,57-58H,4-15,17-18,20-22,24,26-50H2,1-3H3,(H,56,59)/b19-16-,25-23-. The molecule has 3 unspecified atom stereocenters. The number of carbonyl (C=O) groups excluding carboxylic acids is 2. The van der Waals surface area contributed by atoms with Crippen LogP contribution < -0.4 is 5.32 Å². The van der Waals surface area contributed by atoms with E-state index < -0.39 is 18.2 Å². The molecule has 0 aliphatic rings. The molecule has 0 rings (SSSR count). The summed E-state index contributed by atoms with van der Waals surface area (Å²) in [5.74, 6) is -0.465. The van der Waals surface area contributed by atoms with E-state index in [2.05, 4.69) is 50.4 Å². The molecule has 3 atom stereocenters. The van der Waals surface area contributed by atoms with Gasteiger partial charge < -0.3 is 20.3 Å². The van der Waals surface area contributed by atoms with Crippen LogP contribution in [0.1, 0.15) is 290 Å². The predicted molar refractivity (Wildman–Crippen MR) is 264 cm³/mol. The second kappa shape index (κ2) is 49.4. The number of nitrogens with one attached hydrogen (secondary N) is 1. The van der Waals surface area contributed by atoms with Gasteiger partial charge in [0.05, 0.1) is 25.2 Å². The lowest BCUT2D eigenvalue weighted by molar-refractivity contribution is -0.151. The number of carbonyl (C=O) groups is 2. The van der Waals surface area contributed by atoms with Crippen LogP contribution in [0.25, 0.3) is 0 Å². The van der Waals surface area contributed by atoms with Crippen LogP contribution in [-0.2, 0) is 14.3 Å². The van der Waals surface area contributed by atoms with Gasteiger partial charge in [-0.1, -0.05) is 244 Å². The van der Waals surface area contributed by atoms with E-state index >= 15 is 0 Å². The van der Waals surface area contributed by atoms with Crippen molar-refractivity contribution in [2.75, 3.05) is 6.61 Å². The van der Waals surface area contributed by atoms with Gasteiger partial charge in [-0.15, -0.1) is 0 Å². The molecule has 0 aromatic heterocycles. The SMILES string of the molecule is CCCCC/C=C\C/C=C\CCCCCCCCCCCC(=O)OC(CCCCCCCCCCC)CC(=O)NC(CO)C(O)CCCCCCCCCCCCCCCC. The first-order valence-electron chi connectivity index (χ1n) is 27.1. The van der Waals surface area contributed by atoms with E-state index in [1.54, 1.807) is 0 Å². The van der Waals surface area contributed by atoms with Crippen molar-refractivity contribution in [2.45, 2.75) is 309 Å². The number of hydrogen-bond donors (Lipinski definition) is 3. The zero-order valence-corrected chi connectivity index (χ0v) is 41.1. The van der Waals surface area contributed by atoms with Gasteiger partial charge >= 0.3 is 5.97 Å². The Morgan fingerprint density at radius 2 is 0.836 bits per heavy atom. The third-order valence-electron chi connectivity index (χ3n) is 12.5. The Hall–Kier alpha value is -1.66. The molecular formula is C55H105NO5. The maximum absolute atomic E-state index is 13.2. The average molecular weight is 860 g/mol. The number of amides is 1. The molecule has 0 aromatic rings. The highest BCUT2D eigenvalue weighted by atomic mass is 16.5. The Labute approximate surface area is 380 Å². The van der Waals surface area contributed by atoms with Gasteiger partial charge in [0.1, 0.15) is 6.10 Å². The highest BCUT2D eigenvalue weighted by molar-refractivity contribution is 5.77. The van der Waals surface area contributed by atoms with Crippen LogP contribution in [0, 0.1) is 0 Å². The Bertz CT molecular complexity index is 966. The molecule has 1 amide bonds. The van der Waals surface area contributed by atoms with Gasteiger partial charge in [-0.25, -0.2) is 0 Å². The first kappa shape index (κ1) is 59.3. The lowest BCUT2D eigenvalue weighted by Crippen LogP contribution is -2.46. The monoisotopic (exact) mass is 860 g/mol. The predicted octanol–water partition coefficient (Wildman–Crippen LogP) is 16.3. The first-order valence-corrected chi connectivity index (χ1v) is 27.1. The largest absolute Gasteiger partial charge is 0.462 e. The topological polar surface area (TPSA) is 95.9 Å². The molecule has 6 heteroatoms. The number of aliphatic hydroxyl groups excluding tert-OH is 2. The van der Waals surface area contributed by atoms with E-state index in [0.29, 0.717) is 19.3 Å². The zero-order chi connectivity index (χ0) is 44.5. The van der Waals surface area contributed by atoms with Crippen LogP contribution in [-0.4, -0.2) is 46.9 Å². The summed E-state index contributed by atoms with van der Waals surface area (Å²) < 4.78 is 5.93. The molecule has 0 aromatic carbocycles. The summed E-state index contributed by atoms with van der Waals surface area (Å²) >= 11 is 0. The molecule has 360 valence electrons. The molecule has 0 heterocycles. The minimum Gasteiger partial charge on any atom is -0.462 e. The van der Waals surface area contributed by atoms with Crippen molar-refractivity contribution in [1.29, 1.82) is 0 Å². The van der Waals surface area contributed by atoms with Crippen molar-refractivity contribution in [1.82, 2.24) is 5.32 Å². The van der Waals surface area contributed by atoms with Crippen molar-refractivity contribution >= 4 is 11.9 Å². The van der Waals surface area contributed by atoms with Crippen LogP contribution in [0.3, 0.4) is 0 Å². The van der Waals surface area contributed by atoms with Gasteiger partial charge in [0.25, 0.3) is 0 Å². The molecule has 0 fully saturated rings. The molecule has 0 aliphatic heterocycles. The second-order valence-corrected chi connectivity index (χ2v) is 18.6. The van der Waals surface area contributed by atoms with Crippen LogP contribution >= 0.6 is 0 Å². The number of rotatable bonds is 49. The molecule has 0 radical (unpaired) electrons. The Morgan fingerprint density at radius 3 is 1.28 bits per heavy atom. The minimum atomic E-state index is -0.783. The number of esters is 1. The molecule has 61 heavy (non-hydrogen) atoms. The van der Waals surface area contributed by atoms with Crippen LogP contribution in [0.4, 0.5) is 0 Å². The number of hydrogen-bond acceptors (Lipinski definition) is 5. The molecular weight excluding hydrogens is 755 g/mol. The zero-order valence-electron chi connectivity index (χ0n) is 41.1. The smallest absolute Gasteiger partial charge is 0.306 e. The summed E-state index contributed by atoms with van der Waals surface area (Å²) in [5, 5.41) is 23.8. The van der Waals surface area contributed by atoms with Crippen molar-refractivity contribution in [3.05, 3.63) is 24.3 Å². The maximum atomic E-state index is 13.2. The van der Waals surface area contributed by atoms with Gasteiger partial charge in [0.2, 0.25) is 5.91 Å². The van der Waals surface area contributed by atoms with Gasteiger partial charge in [-0.2, -0.15) is 0 Å². The van der Waals surface area contributed by atoms with E-state index in [9.17, 15) is 19.8 Å². The lowest BCUT2D eigenvalue weighted by Gasteiger charge is -2.24. The van der Waals surface area contributed by atoms with E-state index in [-0.39, 0.29) is 24.9 Å². The summed E-state index contributed by atoms with van der Waals surface area (Å²) in [6, 6.07) is -0.696. The Balaban J connectivity index is 4.39. The molecule has 6 nitrogen and oxygen atoms in total. The van der Waals surface area contributed by atoms with E-state index in [1.165, 1.54) is 193 Å². The minimum absolute atomic E-state index is 0.0810. The Morgan fingerprint density at radius 1 is 0.475 bits per heavy atom. The quantitative estimate of drug-likeness (QED) is 0.0322. The van der Waals surface area contributed by atoms with Crippen LogP contribution in [0.15, 0.2) is 24.3 Å². The Kier molecular flexibility index (Phi) is 48.0. The fraction of sp³-hybridized carbons (Fsp3) is 0.891. The number of aliphatic hydroxyl groups is 2. The van der Waals surface area contributed by atoms with Crippen LogP contribution in [0.5, 0.6) is 0 Å². The third-order valence-corrected chi connectivity index (χ3v) is 12.5. The van der Waals surface area contributed by atoms with Crippen molar-refractivity contribution in [3.8, 4) is 0 Å². The van der Waals surface area contributed by atoms with Gasteiger partial charge in [0, 0.05) is 6.42 Å². The van der Waals surface area contributed by atoms with Crippen LogP contribution in [0.2, 0.25) is 0 Å². The second-order valence-electron chi connectivity index (χ2n) is 18.6. The summed E-state index contributed by atoms with van der Waals surface area (Å²) in [7, 11) is 0. The number of ether oxygens (including phenoxy) is 1. The molecule has 0 saturated carbocycles. The molecule has 0 bridgehead atoms. The molecule has 3 N–H and O–H groups in total. The lowest BCUT2D eigenvalue weighted by atomic mass is 10.0. The summed E-state index contributed by atoms with van der Waals surface area (Å²) in [6.07, 6.45) is 56.7. The highest BCUT2D eigenvalue weighted by Gasteiger charge is 2.24. The van der Waals surface area contributed by atoms with Crippen molar-refractivity contribution < 1.29 is 24.5 Å². The van der Waals surface area contributed by atoms with Gasteiger partial charge in [-0.05, 0) is 57.8 Å². The first-order chi connectivity index (χ1) is 30.0. The maximum Gasteiger partial charge on any atom is 0.306 e. The fourth-order valence-corrected chi connectivity index (χ4v) is 8.40. The average Bonchev–Trinajstić information content (AvgIpc) is 3.25. The van der Waals surface area contributed by atoms with E-state index in [4.69, 9.17) is 4.74 Å². The third kappa shape index (κ3) is 44.7. The summed E-state index contributed by atoms with van der Waals surface area (Å²) in [5.41, 5.74) is 0.